The summed E-state index contributed by atoms with van der Waals surface area (Å²) in [5.74, 6) is 0.588. The van der Waals surface area contributed by atoms with Crippen LogP contribution in [0, 0.1) is 6.92 Å². The summed E-state index contributed by atoms with van der Waals surface area (Å²) in [5.41, 5.74) is 6.10. The van der Waals surface area contributed by atoms with E-state index in [1.54, 1.807) is 11.8 Å². The number of amides is 1. The van der Waals surface area contributed by atoms with Crippen LogP contribution in [0.3, 0.4) is 0 Å². The molecule has 0 saturated heterocycles. The summed E-state index contributed by atoms with van der Waals surface area (Å²) in [6, 6.07) is 8.37. The van der Waals surface area contributed by atoms with E-state index in [1.807, 2.05) is 13.8 Å². The highest BCUT2D eigenvalue weighted by Gasteiger charge is 2.29. The maximum Gasteiger partial charge on any atom is 0.237 e. The lowest BCUT2D eigenvalue weighted by atomic mass is 9.98. The van der Waals surface area contributed by atoms with Crippen molar-refractivity contribution in [2.45, 2.75) is 37.6 Å². The van der Waals surface area contributed by atoms with E-state index in [0.717, 1.165) is 18.7 Å². The van der Waals surface area contributed by atoms with Gasteiger partial charge in [0, 0.05) is 10.6 Å². The van der Waals surface area contributed by atoms with Crippen LogP contribution in [0.4, 0.5) is 0 Å². The molecule has 0 spiro atoms. The predicted molar refractivity (Wildman–Crippen MR) is 77.8 cm³/mol. The van der Waals surface area contributed by atoms with Crippen molar-refractivity contribution in [3.05, 3.63) is 29.8 Å². The van der Waals surface area contributed by atoms with Crippen LogP contribution in [0.5, 0.6) is 0 Å². The Balaban J connectivity index is 2.51. The largest absolute Gasteiger partial charge is 0.368 e. The van der Waals surface area contributed by atoms with Crippen LogP contribution in [-0.2, 0) is 4.79 Å². The van der Waals surface area contributed by atoms with Gasteiger partial charge >= 0.3 is 0 Å². The Bertz CT molecular complexity index is 409. The van der Waals surface area contributed by atoms with Crippen LogP contribution >= 0.6 is 11.8 Å². The molecule has 0 fully saturated rings. The molecular weight excluding hydrogens is 244 g/mol. The second-order valence-corrected chi connectivity index (χ2v) is 5.81. The predicted octanol–water partition coefficient (Wildman–Crippen LogP) is 2.33. The van der Waals surface area contributed by atoms with Crippen LogP contribution in [0.15, 0.2) is 29.2 Å². The Morgan fingerprint density at radius 1 is 1.50 bits per heavy atom. The number of likely N-dealkylation sites (N-methyl/N-ethyl adjacent to an activating group) is 1. The Morgan fingerprint density at radius 2 is 2.22 bits per heavy atom. The molecule has 18 heavy (non-hydrogen) atoms. The number of nitrogens with one attached hydrogen (secondary N) is 1. The highest BCUT2D eigenvalue weighted by Crippen LogP contribution is 2.22. The number of primary amides is 1. The maximum atomic E-state index is 11.5. The minimum atomic E-state index is -0.606. The van der Waals surface area contributed by atoms with E-state index in [4.69, 9.17) is 5.73 Å². The van der Waals surface area contributed by atoms with Crippen molar-refractivity contribution in [1.29, 1.82) is 0 Å². The van der Waals surface area contributed by atoms with E-state index >= 15 is 0 Å². The van der Waals surface area contributed by atoms with Crippen molar-refractivity contribution >= 4 is 17.7 Å². The molecule has 1 unspecified atom stereocenters. The molecule has 1 rings (SSSR count). The smallest absolute Gasteiger partial charge is 0.237 e. The summed E-state index contributed by atoms with van der Waals surface area (Å²) in [4.78, 5) is 12.7. The fraction of sp³-hybridized carbons (Fsp3) is 0.500. The third-order valence-corrected chi connectivity index (χ3v) is 3.97. The number of thioether (sulfide) groups is 1. The molecule has 0 heterocycles. The van der Waals surface area contributed by atoms with Crippen molar-refractivity contribution in [2.24, 2.45) is 5.73 Å². The van der Waals surface area contributed by atoms with Crippen LogP contribution in [0.1, 0.15) is 25.8 Å². The molecule has 1 aromatic rings. The Morgan fingerprint density at radius 3 is 2.78 bits per heavy atom. The molecule has 1 amide bonds. The van der Waals surface area contributed by atoms with Crippen molar-refractivity contribution in [1.82, 2.24) is 5.32 Å². The molecule has 4 heteroatoms. The number of hydrogen-bond acceptors (Lipinski definition) is 3. The number of carbonyl (C=O) groups excluding carboxylic acids is 1. The van der Waals surface area contributed by atoms with Crippen molar-refractivity contribution in [2.75, 3.05) is 12.3 Å². The molecule has 3 N–H and O–H groups in total. The zero-order valence-electron chi connectivity index (χ0n) is 11.3. The van der Waals surface area contributed by atoms with Gasteiger partial charge in [-0.2, -0.15) is 0 Å². The number of aryl methyl sites for hydroxylation is 1. The van der Waals surface area contributed by atoms with E-state index in [2.05, 4.69) is 36.5 Å². The van der Waals surface area contributed by atoms with Gasteiger partial charge in [0.25, 0.3) is 0 Å². The lowest BCUT2D eigenvalue weighted by Crippen LogP contribution is -2.53. The van der Waals surface area contributed by atoms with Crippen molar-refractivity contribution in [3.8, 4) is 0 Å². The van der Waals surface area contributed by atoms with Gasteiger partial charge in [0.15, 0.2) is 0 Å². The van der Waals surface area contributed by atoms with Gasteiger partial charge in [-0.05, 0) is 38.9 Å². The van der Waals surface area contributed by atoms with E-state index in [9.17, 15) is 4.79 Å². The fourth-order valence-corrected chi connectivity index (χ4v) is 2.96. The standard InChI is InChI=1S/C14H22N2OS/c1-4-16-14(3,13(15)17)8-9-18-12-7-5-6-11(2)10-12/h5-7,10,16H,4,8-9H2,1-3H3,(H2,15,17). The van der Waals surface area contributed by atoms with Crippen molar-refractivity contribution in [3.63, 3.8) is 0 Å². The molecule has 0 saturated carbocycles. The summed E-state index contributed by atoms with van der Waals surface area (Å²) >= 11 is 1.76. The topological polar surface area (TPSA) is 55.1 Å². The maximum absolute atomic E-state index is 11.5. The summed E-state index contributed by atoms with van der Waals surface area (Å²) < 4.78 is 0. The zero-order valence-corrected chi connectivity index (χ0v) is 12.1. The number of rotatable bonds is 7. The lowest BCUT2D eigenvalue weighted by Gasteiger charge is -2.26. The molecule has 0 radical (unpaired) electrons. The Kier molecular flexibility index (Phi) is 5.69. The third kappa shape index (κ3) is 4.35. The van der Waals surface area contributed by atoms with Crippen molar-refractivity contribution < 1.29 is 4.79 Å². The van der Waals surface area contributed by atoms with Crippen LogP contribution in [0.25, 0.3) is 0 Å². The monoisotopic (exact) mass is 266 g/mol. The molecule has 0 aromatic heterocycles. The summed E-state index contributed by atoms with van der Waals surface area (Å²) in [5, 5.41) is 3.17. The number of nitrogens with two attached hydrogens (primary N) is 1. The summed E-state index contributed by atoms with van der Waals surface area (Å²) in [6.45, 7) is 6.68. The molecule has 0 aliphatic carbocycles. The molecule has 100 valence electrons. The molecule has 1 atom stereocenters. The fourth-order valence-electron chi connectivity index (χ4n) is 1.77. The van der Waals surface area contributed by atoms with E-state index < -0.39 is 5.54 Å². The first-order chi connectivity index (χ1) is 8.48. The number of hydrogen-bond donors (Lipinski definition) is 2. The van der Waals surface area contributed by atoms with Gasteiger partial charge in [-0.3, -0.25) is 4.79 Å². The second kappa shape index (κ2) is 6.81. The van der Waals surface area contributed by atoms with E-state index in [-0.39, 0.29) is 5.91 Å². The zero-order chi connectivity index (χ0) is 13.6. The summed E-state index contributed by atoms with van der Waals surface area (Å²) in [6.07, 6.45) is 0.731. The Labute approximate surface area is 114 Å². The normalized spacial score (nSPS) is 14.2. The second-order valence-electron chi connectivity index (χ2n) is 4.64. The molecular formula is C14H22N2OS. The van der Waals surface area contributed by atoms with Gasteiger partial charge in [0.05, 0.1) is 5.54 Å². The van der Waals surface area contributed by atoms with Gasteiger partial charge < -0.3 is 11.1 Å². The molecule has 1 aromatic carbocycles. The first-order valence-corrected chi connectivity index (χ1v) is 7.21. The molecule has 3 nitrogen and oxygen atoms in total. The van der Waals surface area contributed by atoms with Crippen LogP contribution < -0.4 is 11.1 Å². The molecule has 0 aliphatic heterocycles. The Hall–Kier alpha value is -1.00. The lowest BCUT2D eigenvalue weighted by molar-refractivity contribution is -0.123. The van der Waals surface area contributed by atoms with Gasteiger partial charge in [-0.25, -0.2) is 0 Å². The summed E-state index contributed by atoms with van der Waals surface area (Å²) in [7, 11) is 0. The molecule has 0 bridgehead atoms. The third-order valence-electron chi connectivity index (χ3n) is 2.97. The molecule has 0 aliphatic rings. The quantitative estimate of drug-likeness (QED) is 0.745. The van der Waals surface area contributed by atoms with Gasteiger partial charge in [-0.1, -0.05) is 24.6 Å². The van der Waals surface area contributed by atoms with E-state index in [0.29, 0.717) is 0 Å². The van der Waals surface area contributed by atoms with E-state index in [1.165, 1.54) is 10.5 Å². The average Bonchev–Trinajstić information content (AvgIpc) is 2.29. The highest BCUT2D eigenvalue weighted by molar-refractivity contribution is 7.99. The minimum absolute atomic E-state index is 0.283. The van der Waals surface area contributed by atoms with Gasteiger partial charge in [0.2, 0.25) is 5.91 Å². The minimum Gasteiger partial charge on any atom is -0.368 e. The highest BCUT2D eigenvalue weighted by atomic mass is 32.2. The first kappa shape index (κ1) is 15.1. The van der Waals surface area contributed by atoms with Gasteiger partial charge in [-0.15, -0.1) is 11.8 Å². The SMILES string of the molecule is CCNC(C)(CCSc1cccc(C)c1)C(N)=O. The van der Waals surface area contributed by atoms with Crippen LogP contribution in [0.2, 0.25) is 0 Å². The van der Waals surface area contributed by atoms with Gasteiger partial charge in [0.1, 0.15) is 0 Å². The number of benzene rings is 1. The first-order valence-electron chi connectivity index (χ1n) is 6.22. The average molecular weight is 266 g/mol. The number of carbonyl (C=O) groups is 1. The van der Waals surface area contributed by atoms with Crippen LogP contribution in [-0.4, -0.2) is 23.7 Å².